The van der Waals surface area contributed by atoms with E-state index >= 15 is 0 Å². The van der Waals surface area contributed by atoms with Crippen LogP contribution in [-0.2, 0) is 0 Å². The fourth-order valence-corrected chi connectivity index (χ4v) is 3.56. The molecule has 1 aliphatic carbocycles. The van der Waals surface area contributed by atoms with Gasteiger partial charge >= 0.3 is 0 Å². The molecule has 0 radical (unpaired) electrons. The van der Waals surface area contributed by atoms with Gasteiger partial charge in [0, 0.05) is 12.5 Å². The second kappa shape index (κ2) is 5.96. The molecule has 0 amide bonds. The first-order valence-electron chi connectivity index (χ1n) is 7.73. The Morgan fingerprint density at radius 3 is 2.68 bits per heavy atom. The number of ether oxygens (including phenoxy) is 1. The smallest absolute Gasteiger partial charge is 0.122 e. The Balaban J connectivity index is 1.63. The monoisotopic (exact) mass is 259 g/mol. The summed E-state index contributed by atoms with van der Waals surface area (Å²) in [5, 5.41) is 0. The van der Waals surface area contributed by atoms with Gasteiger partial charge in [-0.2, -0.15) is 0 Å². The average Bonchev–Trinajstić information content (AvgIpc) is 3.08. The van der Waals surface area contributed by atoms with Crippen molar-refractivity contribution in [2.24, 2.45) is 5.92 Å². The van der Waals surface area contributed by atoms with Gasteiger partial charge in [0.2, 0.25) is 0 Å². The zero-order valence-electron chi connectivity index (χ0n) is 12.0. The van der Waals surface area contributed by atoms with E-state index in [2.05, 4.69) is 36.2 Å². The van der Waals surface area contributed by atoms with E-state index in [4.69, 9.17) is 4.74 Å². The maximum Gasteiger partial charge on any atom is 0.122 e. The Kier molecular flexibility index (Phi) is 4.07. The molecule has 2 nitrogen and oxygen atoms in total. The van der Waals surface area contributed by atoms with Gasteiger partial charge in [-0.25, -0.2) is 0 Å². The van der Waals surface area contributed by atoms with Crippen molar-refractivity contribution in [3.05, 3.63) is 29.8 Å². The molecule has 1 aromatic rings. The predicted molar refractivity (Wildman–Crippen MR) is 78.8 cm³/mol. The van der Waals surface area contributed by atoms with Gasteiger partial charge in [0.25, 0.3) is 0 Å². The van der Waals surface area contributed by atoms with Gasteiger partial charge in [-0.15, -0.1) is 0 Å². The lowest BCUT2D eigenvalue weighted by Crippen LogP contribution is -2.18. The molecular weight excluding hydrogens is 234 g/mol. The van der Waals surface area contributed by atoms with Gasteiger partial charge in [-0.1, -0.05) is 31.0 Å². The Hall–Kier alpha value is -1.02. The quantitative estimate of drug-likeness (QED) is 0.818. The molecule has 0 N–H and O–H groups in total. The number of benzene rings is 1. The maximum atomic E-state index is 6.16. The van der Waals surface area contributed by atoms with Crippen molar-refractivity contribution in [3.63, 3.8) is 0 Å². The maximum absolute atomic E-state index is 6.16. The Labute approximate surface area is 116 Å². The molecule has 1 aromatic carbocycles. The van der Waals surface area contributed by atoms with Crippen LogP contribution in [0.5, 0.6) is 5.75 Å². The molecule has 2 fully saturated rings. The van der Waals surface area contributed by atoms with Crippen molar-refractivity contribution in [2.75, 3.05) is 26.7 Å². The standard InChI is InChI=1S/C17H25NO/c1-18-11-10-14(12-18)13-19-17-9-5-4-8-16(17)15-6-2-3-7-15/h4-5,8-9,14-15H,2-3,6-7,10-13H2,1H3/t14-/m0/s1. The molecule has 1 saturated heterocycles. The van der Waals surface area contributed by atoms with Crippen LogP contribution in [0.15, 0.2) is 24.3 Å². The highest BCUT2D eigenvalue weighted by Gasteiger charge is 2.23. The molecule has 104 valence electrons. The summed E-state index contributed by atoms with van der Waals surface area (Å²) in [6.07, 6.45) is 6.72. The highest BCUT2D eigenvalue weighted by Crippen LogP contribution is 2.38. The fraction of sp³-hybridized carbons (Fsp3) is 0.647. The van der Waals surface area contributed by atoms with Crippen molar-refractivity contribution in [2.45, 2.75) is 38.0 Å². The van der Waals surface area contributed by atoms with E-state index in [9.17, 15) is 0 Å². The minimum Gasteiger partial charge on any atom is -0.493 e. The lowest BCUT2D eigenvalue weighted by atomic mass is 9.97. The van der Waals surface area contributed by atoms with Crippen molar-refractivity contribution in [1.82, 2.24) is 4.90 Å². The topological polar surface area (TPSA) is 12.5 Å². The Morgan fingerprint density at radius 1 is 1.16 bits per heavy atom. The Morgan fingerprint density at radius 2 is 1.95 bits per heavy atom. The van der Waals surface area contributed by atoms with Crippen LogP contribution in [0.1, 0.15) is 43.6 Å². The molecule has 0 bridgehead atoms. The highest BCUT2D eigenvalue weighted by atomic mass is 16.5. The molecule has 1 aliphatic heterocycles. The molecule has 2 heteroatoms. The van der Waals surface area contributed by atoms with E-state index in [0.29, 0.717) is 5.92 Å². The summed E-state index contributed by atoms with van der Waals surface area (Å²) in [7, 11) is 2.20. The Bertz CT molecular complexity index is 411. The van der Waals surface area contributed by atoms with Gasteiger partial charge in [-0.3, -0.25) is 0 Å². The van der Waals surface area contributed by atoms with E-state index < -0.39 is 0 Å². The number of rotatable bonds is 4. The van der Waals surface area contributed by atoms with E-state index in [1.165, 1.54) is 50.8 Å². The molecule has 2 aliphatic rings. The van der Waals surface area contributed by atoms with E-state index in [-0.39, 0.29) is 0 Å². The number of para-hydroxylation sites is 1. The molecule has 1 saturated carbocycles. The van der Waals surface area contributed by atoms with E-state index in [1.54, 1.807) is 0 Å². The molecular formula is C17H25NO. The fourth-order valence-electron chi connectivity index (χ4n) is 3.56. The first-order valence-corrected chi connectivity index (χ1v) is 7.73. The second-order valence-electron chi connectivity index (χ2n) is 6.25. The number of hydrogen-bond acceptors (Lipinski definition) is 2. The summed E-state index contributed by atoms with van der Waals surface area (Å²) in [6, 6.07) is 8.69. The summed E-state index contributed by atoms with van der Waals surface area (Å²) in [5.41, 5.74) is 1.45. The van der Waals surface area contributed by atoms with Gasteiger partial charge < -0.3 is 9.64 Å². The lowest BCUT2D eigenvalue weighted by Gasteiger charge is -2.18. The molecule has 0 spiro atoms. The molecule has 1 atom stereocenters. The summed E-state index contributed by atoms with van der Waals surface area (Å²) < 4.78 is 6.16. The molecule has 3 rings (SSSR count). The summed E-state index contributed by atoms with van der Waals surface area (Å²) in [5.74, 6) is 2.59. The normalized spacial score (nSPS) is 25.0. The van der Waals surface area contributed by atoms with Crippen LogP contribution in [-0.4, -0.2) is 31.6 Å². The van der Waals surface area contributed by atoms with Crippen LogP contribution in [0.4, 0.5) is 0 Å². The average molecular weight is 259 g/mol. The zero-order valence-corrected chi connectivity index (χ0v) is 12.0. The van der Waals surface area contributed by atoms with Crippen LogP contribution >= 0.6 is 0 Å². The third-order valence-corrected chi connectivity index (χ3v) is 4.68. The minimum atomic E-state index is 0.710. The largest absolute Gasteiger partial charge is 0.493 e. The first-order chi connectivity index (χ1) is 9.33. The number of nitrogens with zero attached hydrogens (tertiary/aromatic N) is 1. The van der Waals surface area contributed by atoms with Gasteiger partial charge in [-0.05, 0) is 50.4 Å². The molecule has 0 aromatic heterocycles. The van der Waals surface area contributed by atoms with Crippen molar-refractivity contribution in [1.29, 1.82) is 0 Å². The molecule has 0 unspecified atom stereocenters. The predicted octanol–water partition coefficient (Wildman–Crippen LogP) is 3.67. The van der Waals surface area contributed by atoms with Crippen LogP contribution < -0.4 is 4.74 Å². The molecule has 19 heavy (non-hydrogen) atoms. The summed E-state index contributed by atoms with van der Waals surface area (Å²) >= 11 is 0. The van der Waals surface area contributed by atoms with Crippen molar-refractivity contribution >= 4 is 0 Å². The number of hydrogen-bond donors (Lipinski definition) is 0. The first kappa shape index (κ1) is 13.0. The zero-order chi connectivity index (χ0) is 13.1. The van der Waals surface area contributed by atoms with Crippen LogP contribution in [0.25, 0.3) is 0 Å². The van der Waals surface area contributed by atoms with E-state index in [0.717, 1.165) is 18.3 Å². The van der Waals surface area contributed by atoms with Crippen LogP contribution in [0.2, 0.25) is 0 Å². The number of likely N-dealkylation sites (tertiary alicyclic amines) is 1. The van der Waals surface area contributed by atoms with Crippen molar-refractivity contribution in [3.8, 4) is 5.75 Å². The van der Waals surface area contributed by atoms with Crippen LogP contribution in [0, 0.1) is 5.92 Å². The SMILES string of the molecule is CN1CC[C@H](COc2ccccc2C2CCCC2)C1. The second-order valence-corrected chi connectivity index (χ2v) is 6.25. The third kappa shape index (κ3) is 3.11. The van der Waals surface area contributed by atoms with Gasteiger partial charge in [0.1, 0.15) is 5.75 Å². The van der Waals surface area contributed by atoms with Crippen LogP contribution in [0.3, 0.4) is 0 Å². The van der Waals surface area contributed by atoms with Gasteiger partial charge in [0.15, 0.2) is 0 Å². The highest BCUT2D eigenvalue weighted by molar-refractivity contribution is 5.36. The summed E-state index contributed by atoms with van der Waals surface area (Å²) in [4.78, 5) is 2.40. The third-order valence-electron chi connectivity index (χ3n) is 4.68. The van der Waals surface area contributed by atoms with Gasteiger partial charge in [0.05, 0.1) is 6.61 Å². The summed E-state index contributed by atoms with van der Waals surface area (Å²) in [6.45, 7) is 3.29. The molecule has 1 heterocycles. The van der Waals surface area contributed by atoms with E-state index in [1.807, 2.05) is 0 Å². The van der Waals surface area contributed by atoms with Crippen molar-refractivity contribution < 1.29 is 4.74 Å². The minimum absolute atomic E-state index is 0.710. The lowest BCUT2D eigenvalue weighted by molar-refractivity contribution is 0.246.